The predicted molar refractivity (Wildman–Crippen MR) is 140 cm³/mol. The van der Waals surface area contributed by atoms with Gasteiger partial charge in [0.25, 0.3) is 0 Å². The molecular weight excluding hydrogens is 527 g/mol. The van der Waals surface area contributed by atoms with Crippen molar-refractivity contribution in [3.05, 3.63) is 23.8 Å². The van der Waals surface area contributed by atoms with E-state index in [1.54, 1.807) is 32.4 Å². The van der Waals surface area contributed by atoms with Crippen LogP contribution in [-0.2, 0) is 20.8 Å². The number of carbonyl (C=O) groups excluding carboxylic acids is 2. The first-order valence-electron chi connectivity index (χ1n) is 12.0. The highest BCUT2D eigenvalue weighted by Crippen LogP contribution is 2.28. The van der Waals surface area contributed by atoms with E-state index in [1.165, 1.54) is 0 Å². The minimum atomic E-state index is -5.08. The van der Waals surface area contributed by atoms with E-state index in [9.17, 15) is 22.8 Å². The Balaban J connectivity index is 0.000000905. The number of guanidine groups is 1. The van der Waals surface area contributed by atoms with Gasteiger partial charge in [-0.2, -0.15) is 24.9 Å². The van der Waals surface area contributed by atoms with E-state index >= 15 is 0 Å². The summed E-state index contributed by atoms with van der Waals surface area (Å²) in [4.78, 5) is 38.6. The first-order chi connectivity index (χ1) is 17.8. The van der Waals surface area contributed by atoms with Crippen LogP contribution in [0.1, 0.15) is 45.1 Å². The van der Waals surface area contributed by atoms with Crippen LogP contribution >= 0.6 is 11.8 Å². The van der Waals surface area contributed by atoms with Crippen molar-refractivity contribution in [3.63, 3.8) is 0 Å². The highest BCUT2D eigenvalue weighted by molar-refractivity contribution is 7.99. The summed E-state index contributed by atoms with van der Waals surface area (Å²) >= 11 is 1.95. The molecule has 1 aromatic carbocycles. The van der Waals surface area contributed by atoms with E-state index in [1.807, 2.05) is 11.8 Å². The number of nitrogens with one attached hydrogen (secondary N) is 1. The number of ketones is 1. The van der Waals surface area contributed by atoms with Crippen molar-refractivity contribution in [2.24, 2.45) is 22.6 Å². The molecule has 1 aliphatic rings. The predicted octanol–water partition coefficient (Wildman–Crippen LogP) is 3.83. The molecule has 1 aliphatic heterocycles. The second-order valence-electron chi connectivity index (χ2n) is 9.10. The number of carboxylic acids is 1. The van der Waals surface area contributed by atoms with Crippen molar-refractivity contribution in [2.45, 2.75) is 58.2 Å². The van der Waals surface area contributed by atoms with E-state index in [2.05, 4.69) is 24.2 Å². The number of alkyl halides is 3. The van der Waals surface area contributed by atoms with Gasteiger partial charge in [-0.05, 0) is 60.3 Å². The van der Waals surface area contributed by atoms with Gasteiger partial charge in [-0.25, -0.2) is 9.79 Å². The van der Waals surface area contributed by atoms with Gasteiger partial charge in [-0.15, -0.1) is 0 Å². The smallest absolute Gasteiger partial charge is 0.490 e. The first-order valence-corrected chi connectivity index (χ1v) is 13.2. The average Bonchev–Trinajstić information content (AvgIpc) is 2.83. The summed E-state index contributed by atoms with van der Waals surface area (Å²) in [6.07, 6.45) is -1.67. The standard InChI is InChI=1S/C23H35N3O4S.C2HF3O2/c1-15(2)11-18(19(27)12-16-7-9-31-10-8-16)25-23(24)26-22(28)14-17-5-6-20(29-3)21(13-17)30-4;3-2(4,5)1(6)7/h5-6,13,15-16,18H,7-12,14H2,1-4H3,(H3,24,25,26,28);(H,6,7)/t18-;/m1./s1. The summed E-state index contributed by atoms with van der Waals surface area (Å²) in [6, 6.07) is 4.78. The van der Waals surface area contributed by atoms with Crippen LogP contribution in [0.15, 0.2) is 23.2 Å². The van der Waals surface area contributed by atoms with E-state index in [-0.39, 0.29) is 24.1 Å². The molecule has 0 saturated carbocycles. The van der Waals surface area contributed by atoms with Gasteiger partial charge in [0.15, 0.2) is 23.2 Å². The zero-order valence-corrected chi connectivity index (χ0v) is 22.8. The highest BCUT2D eigenvalue weighted by Gasteiger charge is 2.38. The van der Waals surface area contributed by atoms with Crippen molar-refractivity contribution in [1.29, 1.82) is 0 Å². The minimum Gasteiger partial charge on any atom is -0.493 e. The Morgan fingerprint density at radius 1 is 1.16 bits per heavy atom. The molecule has 4 N–H and O–H groups in total. The molecule has 1 amide bonds. The van der Waals surface area contributed by atoms with E-state index in [4.69, 9.17) is 25.1 Å². The maximum Gasteiger partial charge on any atom is 0.490 e. The fraction of sp³-hybridized carbons (Fsp3) is 0.600. The number of hydrogen-bond donors (Lipinski definition) is 3. The molecular formula is C25H36F3N3O6S. The highest BCUT2D eigenvalue weighted by atomic mass is 32.2. The van der Waals surface area contributed by atoms with Gasteiger partial charge < -0.3 is 20.3 Å². The summed E-state index contributed by atoms with van der Waals surface area (Å²) in [5, 5.41) is 9.74. The number of aliphatic imine (C=N–C) groups is 1. The number of methoxy groups -OCH3 is 2. The second-order valence-corrected chi connectivity index (χ2v) is 10.3. The lowest BCUT2D eigenvalue weighted by molar-refractivity contribution is -0.192. The molecule has 0 bridgehead atoms. The number of rotatable bonds is 10. The lowest BCUT2D eigenvalue weighted by atomic mass is 9.91. The van der Waals surface area contributed by atoms with Gasteiger partial charge in [0, 0.05) is 6.42 Å². The number of thioether (sulfide) groups is 1. The maximum atomic E-state index is 12.9. The lowest BCUT2D eigenvalue weighted by Crippen LogP contribution is -2.40. The third-order valence-corrected chi connectivity index (χ3v) is 6.56. The van der Waals surface area contributed by atoms with Crippen LogP contribution in [0.4, 0.5) is 13.2 Å². The zero-order chi connectivity index (χ0) is 28.9. The molecule has 1 atom stereocenters. The number of benzene rings is 1. The quantitative estimate of drug-likeness (QED) is 0.288. The van der Waals surface area contributed by atoms with Crippen LogP contribution in [-0.4, -0.2) is 66.7 Å². The topological polar surface area (TPSA) is 140 Å². The van der Waals surface area contributed by atoms with Gasteiger partial charge in [0.1, 0.15) is 6.04 Å². The number of hydrogen-bond acceptors (Lipinski definition) is 7. The Morgan fingerprint density at radius 3 is 2.24 bits per heavy atom. The Hall–Kier alpha value is -2.96. The number of carbonyl (C=O) groups is 3. The molecule has 0 radical (unpaired) electrons. The van der Waals surface area contributed by atoms with Gasteiger partial charge in [0.2, 0.25) is 5.91 Å². The number of ether oxygens (including phenoxy) is 2. The van der Waals surface area contributed by atoms with Crippen LogP contribution in [0.2, 0.25) is 0 Å². The minimum absolute atomic E-state index is 0.0105. The fourth-order valence-electron chi connectivity index (χ4n) is 3.64. The number of nitrogens with zero attached hydrogens (tertiary/aromatic N) is 1. The fourth-order valence-corrected chi connectivity index (χ4v) is 4.84. The zero-order valence-electron chi connectivity index (χ0n) is 22.0. The summed E-state index contributed by atoms with van der Waals surface area (Å²) in [6.45, 7) is 4.11. The van der Waals surface area contributed by atoms with Gasteiger partial charge >= 0.3 is 12.1 Å². The molecule has 2 rings (SSSR count). The molecule has 0 unspecified atom stereocenters. The second kappa shape index (κ2) is 16.1. The van der Waals surface area contributed by atoms with E-state index in [0.717, 1.165) is 29.9 Å². The van der Waals surface area contributed by atoms with Crippen LogP contribution in [0.5, 0.6) is 11.5 Å². The largest absolute Gasteiger partial charge is 0.493 e. The molecule has 0 aliphatic carbocycles. The van der Waals surface area contributed by atoms with Crippen molar-refractivity contribution >= 4 is 35.4 Å². The molecule has 1 fully saturated rings. The average molecular weight is 564 g/mol. The third kappa shape index (κ3) is 12.5. The number of halogens is 3. The normalized spacial score (nSPS) is 15.2. The van der Waals surface area contributed by atoms with Crippen LogP contribution in [0.3, 0.4) is 0 Å². The molecule has 214 valence electrons. The van der Waals surface area contributed by atoms with Gasteiger partial charge in [-0.3, -0.25) is 14.9 Å². The number of carboxylic acid groups (broad SMARTS) is 1. The summed E-state index contributed by atoms with van der Waals surface area (Å²) in [5.74, 6) is 1.16. The Bertz CT molecular complexity index is 966. The summed E-state index contributed by atoms with van der Waals surface area (Å²) in [5.41, 5.74) is 6.75. The third-order valence-electron chi connectivity index (χ3n) is 5.51. The molecule has 1 aromatic rings. The molecule has 13 heteroatoms. The summed E-state index contributed by atoms with van der Waals surface area (Å²) < 4.78 is 42.2. The SMILES string of the molecule is COc1ccc(CC(=O)NC(N)=N[C@H](CC(C)C)C(=O)CC2CCSCC2)cc1OC.O=C(O)C(F)(F)F. The maximum absolute atomic E-state index is 12.9. The molecule has 38 heavy (non-hydrogen) atoms. The lowest BCUT2D eigenvalue weighted by Gasteiger charge is -2.23. The molecule has 0 aromatic heterocycles. The van der Waals surface area contributed by atoms with Crippen molar-refractivity contribution < 1.29 is 42.1 Å². The molecule has 1 heterocycles. The monoisotopic (exact) mass is 563 g/mol. The Kier molecular flexibility index (Phi) is 14.0. The van der Waals surface area contributed by atoms with Crippen LogP contribution in [0, 0.1) is 11.8 Å². The molecule has 9 nitrogen and oxygen atoms in total. The number of amides is 1. The van der Waals surface area contributed by atoms with Crippen LogP contribution in [0.25, 0.3) is 0 Å². The molecule has 0 spiro atoms. The van der Waals surface area contributed by atoms with Gasteiger partial charge in [-0.1, -0.05) is 19.9 Å². The molecule has 1 saturated heterocycles. The van der Waals surface area contributed by atoms with Gasteiger partial charge in [0.05, 0.1) is 20.6 Å². The Labute approximate surface area is 224 Å². The number of aliphatic carboxylic acids is 1. The van der Waals surface area contributed by atoms with Crippen LogP contribution < -0.4 is 20.5 Å². The number of Topliss-reactive ketones (excluding diaryl/α,β-unsaturated/α-hetero) is 1. The van der Waals surface area contributed by atoms with E-state index < -0.39 is 18.2 Å². The van der Waals surface area contributed by atoms with Crippen molar-refractivity contribution in [2.75, 3.05) is 25.7 Å². The van der Waals surface area contributed by atoms with Crippen molar-refractivity contribution in [3.8, 4) is 11.5 Å². The van der Waals surface area contributed by atoms with E-state index in [0.29, 0.717) is 36.2 Å². The number of nitrogens with two attached hydrogens (primary N) is 1. The first kappa shape index (κ1) is 33.1. The summed E-state index contributed by atoms with van der Waals surface area (Å²) in [7, 11) is 3.11. The van der Waals surface area contributed by atoms with Crippen molar-refractivity contribution in [1.82, 2.24) is 5.32 Å². The Morgan fingerprint density at radius 2 is 1.74 bits per heavy atom.